The second-order valence-corrected chi connectivity index (χ2v) is 9.01. The molecule has 1 aliphatic heterocycles. The van der Waals surface area contributed by atoms with E-state index in [9.17, 15) is 13.2 Å². The third-order valence-electron chi connectivity index (χ3n) is 3.35. The largest absolute Gasteiger partial charge is 0.269 e. The molecule has 0 aliphatic carbocycles. The van der Waals surface area contributed by atoms with Gasteiger partial charge in [-0.15, -0.1) is 0 Å². The van der Waals surface area contributed by atoms with Crippen LogP contribution in [0.2, 0.25) is 5.02 Å². The van der Waals surface area contributed by atoms with Crippen molar-refractivity contribution in [2.24, 2.45) is 0 Å². The number of hydrogen-bond donors (Lipinski definition) is 0. The first-order valence-corrected chi connectivity index (χ1v) is 9.65. The molecule has 21 heavy (non-hydrogen) atoms. The van der Waals surface area contributed by atoms with Gasteiger partial charge in [-0.1, -0.05) is 11.6 Å². The lowest BCUT2D eigenvalue weighted by atomic mass is 10.1. The fourth-order valence-corrected chi connectivity index (χ4v) is 5.22. The number of halogens is 2. The van der Waals surface area contributed by atoms with Crippen molar-refractivity contribution in [3.63, 3.8) is 0 Å². The van der Waals surface area contributed by atoms with Gasteiger partial charge in [-0.2, -0.15) is 0 Å². The maximum absolute atomic E-state index is 12.8. The number of carbonyl (C=O) groups is 1. The number of sulfone groups is 1. The second kappa shape index (κ2) is 6.39. The van der Waals surface area contributed by atoms with Crippen LogP contribution >= 0.6 is 34.2 Å². The van der Waals surface area contributed by atoms with Gasteiger partial charge in [0.1, 0.15) is 0 Å². The van der Waals surface area contributed by atoms with Gasteiger partial charge in [-0.3, -0.25) is 9.80 Å². The molecule has 5 nitrogen and oxygen atoms in total. The van der Waals surface area contributed by atoms with Crippen LogP contribution < -0.4 is 0 Å². The van der Waals surface area contributed by atoms with Crippen LogP contribution in [0.3, 0.4) is 0 Å². The normalized spacial score (nSPS) is 20.7. The van der Waals surface area contributed by atoms with E-state index >= 15 is 0 Å². The SMILES string of the molecule is CN(C)N(C(=O)c1ccc(Cl)cc1I)C1CCS(=O)(=O)C1. The molecule has 1 aliphatic rings. The van der Waals surface area contributed by atoms with Crippen molar-refractivity contribution in [2.75, 3.05) is 25.6 Å². The van der Waals surface area contributed by atoms with E-state index in [1.54, 1.807) is 37.3 Å². The van der Waals surface area contributed by atoms with Crippen LogP contribution in [0.15, 0.2) is 18.2 Å². The molecule has 0 saturated carbocycles. The van der Waals surface area contributed by atoms with Crippen molar-refractivity contribution in [3.8, 4) is 0 Å². The van der Waals surface area contributed by atoms with Gasteiger partial charge in [0, 0.05) is 22.7 Å². The minimum absolute atomic E-state index is 0.0150. The van der Waals surface area contributed by atoms with Gasteiger partial charge in [-0.05, 0) is 47.2 Å². The highest BCUT2D eigenvalue weighted by Gasteiger charge is 2.36. The number of carbonyl (C=O) groups excluding carboxylic acids is 1. The molecular formula is C13H16ClIN2O3S. The molecular weight excluding hydrogens is 427 g/mol. The van der Waals surface area contributed by atoms with Crippen molar-refractivity contribution >= 4 is 49.9 Å². The highest BCUT2D eigenvalue weighted by Crippen LogP contribution is 2.24. The summed E-state index contributed by atoms with van der Waals surface area (Å²) in [4.78, 5) is 12.8. The Morgan fingerprint density at radius 2 is 2.05 bits per heavy atom. The van der Waals surface area contributed by atoms with Gasteiger partial charge in [-0.25, -0.2) is 13.4 Å². The number of hydrogen-bond acceptors (Lipinski definition) is 4. The van der Waals surface area contributed by atoms with E-state index < -0.39 is 9.84 Å². The number of rotatable bonds is 3. The van der Waals surface area contributed by atoms with E-state index in [0.29, 0.717) is 17.0 Å². The summed E-state index contributed by atoms with van der Waals surface area (Å²) in [5.41, 5.74) is 0.526. The average Bonchev–Trinajstić information content (AvgIpc) is 2.68. The summed E-state index contributed by atoms with van der Waals surface area (Å²) in [6.07, 6.45) is 0.469. The van der Waals surface area contributed by atoms with Crippen molar-refractivity contribution in [1.82, 2.24) is 10.0 Å². The molecule has 1 unspecified atom stereocenters. The Morgan fingerprint density at radius 3 is 2.52 bits per heavy atom. The predicted molar refractivity (Wildman–Crippen MR) is 91.1 cm³/mol. The third kappa shape index (κ3) is 3.88. The van der Waals surface area contributed by atoms with E-state index in [1.807, 2.05) is 0 Å². The molecule has 2 rings (SSSR count). The Morgan fingerprint density at radius 1 is 1.38 bits per heavy atom. The zero-order valence-electron chi connectivity index (χ0n) is 11.7. The first kappa shape index (κ1) is 17.0. The van der Waals surface area contributed by atoms with Gasteiger partial charge in [0.05, 0.1) is 23.1 Å². The first-order valence-electron chi connectivity index (χ1n) is 6.37. The zero-order chi connectivity index (χ0) is 15.8. The molecule has 8 heteroatoms. The van der Waals surface area contributed by atoms with Crippen LogP contribution in [0.1, 0.15) is 16.8 Å². The Hall–Kier alpha value is -0.380. The number of benzene rings is 1. The van der Waals surface area contributed by atoms with Crippen molar-refractivity contribution in [2.45, 2.75) is 12.5 Å². The Kier molecular flexibility index (Phi) is 5.17. The topological polar surface area (TPSA) is 57.7 Å². The number of nitrogens with zero attached hydrogens (tertiary/aromatic N) is 2. The first-order chi connectivity index (χ1) is 9.71. The molecule has 1 aromatic rings. The fraction of sp³-hybridized carbons (Fsp3) is 0.462. The van der Waals surface area contributed by atoms with Gasteiger partial charge < -0.3 is 0 Å². The van der Waals surface area contributed by atoms with Gasteiger partial charge in [0.25, 0.3) is 5.91 Å². The molecule has 0 bridgehead atoms. The summed E-state index contributed by atoms with van der Waals surface area (Å²) in [6.45, 7) is 0. The zero-order valence-corrected chi connectivity index (χ0v) is 15.4. The van der Waals surface area contributed by atoms with Crippen LogP contribution in [-0.2, 0) is 9.84 Å². The maximum Gasteiger partial charge on any atom is 0.269 e. The lowest BCUT2D eigenvalue weighted by Gasteiger charge is -2.34. The Balaban J connectivity index is 2.32. The van der Waals surface area contributed by atoms with E-state index in [4.69, 9.17) is 11.6 Å². The number of amides is 1. The molecule has 1 fully saturated rings. The van der Waals surface area contributed by atoms with E-state index in [1.165, 1.54) is 5.01 Å². The van der Waals surface area contributed by atoms with E-state index in [2.05, 4.69) is 22.6 Å². The summed E-state index contributed by atoms with van der Waals surface area (Å²) >= 11 is 7.97. The molecule has 1 atom stereocenters. The van der Waals surface area contributed by atoms with Crippen LogP contribution in [0.5, 0.6) is 0 Å². The molecule has 1 aromatic carbocycles. The van der Waals surface area contributed by atoms with E-state index in [-0.39, 0.29) is 23.5 Å². The standard InChI is InChI=1S/C13H16ClIN2O3S/c1-16(2)17(10-5-6-21(19,20)8-10)13(18)11-4-3-9(14)7-12(11)15/h3-4,7,10H,5-6,8H2,1-2H3. The summed E-state index contributed by atoms with van der Waals surface area (Å²) in [7, 11) is 0.433. The number of hydrazine groups is 1. The third-order valence-corrected chi connectivity index (χ3v) is 6.23. The molecule has 0 radical (unpaired) electrons. The Labute approximate surface area is 143 Å². The lowest BCUT2D eigenvalue weighted by molar-refractivity contribution is 0.000914. The van der Waals surface area contributed by atoms with Crippen LogP contribution in [-0.4, -0.2) is 56.0 Å². The van der Waals surface area contributed by atoms with Gasteiger partial charge >= 0.3 is 0 Å². The second-order valence-electron chi connectivity index (χ2n) is 5.18. The Bertz CT molecular complexity index is 663. The maximum atomic E-state index is 12.8. The molecule has 1 saturated heterocycles. The molecule has 0 aromatic heterocycles. The quantitative estimate of drug-likeness (QED) is 0.531. The molecule has 1 amide bonds. The highest BCUT2D eigenvalue weighted by atomic mass is 127. The van der Waals surface area contributed by atoms with Crippen LogP contribution in [0, 0.1) is 3.57 Å². The summed E-state index contributed by atoms with van der Waals surface area (Å²) in [5.74, 6) is -0.0585. The summed E-state index contributed by atoms with van der Waals surface area (Å²) < 4.78 is 24.1. The van der Waals surface area contributed by atoms with Crippen molar-refractivity contribution < 1.29 is 13.2 Å². The van der Waals surface area contributed by atoms with Crippen molar-refractivity contribution in [3.05, 3.63) is 32.4 Å². The smallest absolute Gasteiger partial charge is 0.268 e. The molecule has 0 N–H and O–H groups in total. The fourth-order valence-electron chi connectivity index (χ4n) is 2.43. The van der Waals surface area contributed by atoms with Crippen molar-refractivity contribution in [1.29, 1.82) is 0 Å². The lowest BCUT2D eigenvalue weighted by Crippen LogP contribution is -2.49. The molecule has 1 heterocycles. The molecule has 116 valence electrons. The minimum Gasteiger partial charge on any atom is -0.268 e. The average molecular weight is 443 g/mol. The summed E-state index contributed by atoms with van der Waals surface area (Å²) in [6, 6.07) is 4.74. The van der Waals surface area contributed by atoms with Gasteiger partial charge in [0.2, 0.25) is 0 Å². The highest BCUT2D eigenvalue weighted by molar-refractivity contribution is 14.1. The van der Waals surface area contributed by atoms with E-state index in [0.717, 1.165) is 3.57 Å². The van der Waals surface area contributed by atoms with Crippen LogP contribution in [0.25, 0.3) is 0 Å². The summed E-state index contributed by atoms with van der Waals surface area (Å²) in [5, 5.41) is 3.74. The van der Waals surface area contributed by atoms with Crippen LogP contribution in [0.4, 0.5) is 0 Å². The molecule has 0 spiro atoms. The monoisotopic (exact) mass is 442 g/mol. The predicted octanol–water partition coefficient (Wildman–Crippen LogP) is 2.05. The minimum atomic E-state index is -3.05. The van der Waals surface area contributed by atoms with Gasteiger partial charge in [0.15, 0.2) is 9.84 Å².